The summed E-state index contributed by atoms with van der Waals surface area (Å²) in [5.41, 5.74) is 1.68. The normalized spacial score (nSPS) is 11.4. The lowest BCUT2D eigenvalue weighted by Crippen LogP contribution is -2.17. The minimum Gasteiger partial charge on any atom is -0.497 e. The van der Waals surface area contributed by atoms with Gasteiger partial charge in [-0.2, -0.15) is 0 Å². The van der Waals surface area contributed by atoms with E-state index in [1.807, 2.05) is 19.1 Å². The topological polar surface area (TPSA) is 73.9 Å². The summed E-state index contributed by atoms with van der Waals surface area (Å²) in [4.78, 5) is 24.6. The average molecular weight is 371 g/mol. The van der Waals surface area contributed by atoms with Gasteiger partial charge in [0.1, 0.15) is 11.5 Å². The first-order chi connectivity index (χ1) is 13.0. The Morgan fingerprint density at radius 3 is 2.48 bits per heavy atom. The van der Waals surface area contributed by atoms with Gasteiger partial charge < -0.3 is 19.5 Å². The van der Waals surface area contributed by atoms with Gasteiger partial charge in [-0.3, -0.25) is 4.79 Å². The molecule has 2 aromatic carbocycles. The Balaban J connectivity index is 2.11. The molecule has 1 amide bonds. The van der Waals surface area contributed by atoms with Crippen LogP contribution in [-0.4, -0.2) is 32.7 Å². The summed E-state index contributed by atoms with van der Waals surface area (Å²) in [5.74, 6) is 0.619. The second kappa shape index (κ2) is 9.62. The minimum absolute atomic E-state index is 0.0828. The molecule has 1 unspecified atom stereocenters. The molecule has 6 heteroatoms. The maximum Gasteiger partial charge on any atom is 0.340 e. The third-order valence-corrected chi connectivity index (χ3v) is 4.16. The molecule has 1 atom stereocenters. The molecule has 2 rings (SSSR count). The van der Waals surface area contributed by atoms with Crippen molar-refractivity contribution in [1.29, 1.82) is 0 Å². The van der Waals surface area contributed by atoms with Crippen molar-refractivity contribution in [3.8, 4) is 11.5 Å². The number of ether oxygens (including phenoxy) is 3. The Morgan fingerprint density at radius 1 is 1.07 bits per heavy atom. The molecule has 0 aliphatic carbocycles. The quantitative estimate of drug-likeness (QED) is 0.710. The lowest BCUT2D eigenvalue weighted by molar-refractivity contribution is -0.116. The molecule has 2 aromatic rings. The molecule has 0 heterocycles. The van der Waals surface area contributed by atoms with E-state index in [4.69, 9.17) is 14.2 Å². The van der Waals surface area contributed by atoms with E-state index in [1.165, 1.54) is 0 Å². The number of carbonyl (C=O) groups is 2. The highest BCUT2D eigenvalue weighted by Gasteiger charge is 2.18. The monoisotopic (exact) mass is 371 g/mol. The zero-order chi connectivity index (χ0) is 19.8. The summed E-state index contributed by atoms with van der Waals surface area (Å²) >= 11 is 0. The first-order valence-corrected chi connectivity index (χ1v) is 8.78. The van der Waals surface area contributed by atoms with Crippen LogP contribution in [0.25, 0.3) is 0 Å². The van der Waals surface area contributed by atoms with E-state index in [0.29, 0.717) is 22.7 Å². The highest BCUT2D eigenvalue weighted by atomic mass is 16.5. The van der Waals surface area contributed by atoms with Gasteiger partial charge in [0.15, 0.2) is 0 Å². The van der Waals surface area contributed by atoms with Crippen molar-refractivity contribution in [3.05, 3.63) is 53.6 Å². The summed E-state index contributed by atoms with van der Waals surface area (Å²) in [5, 5.41) is 2.81. The van der Waals surface area contributed by atoms with E-state index in [-0.39, 0.29) is 24.9 Å². The molecule has 0 aliphatic rings. The van der Waals surface area contributed by atoms with Crippen molar-refractivity contribution in [1.82, 2.24) is 0 Å². The van der Waals surface area contributed by atoms with Gasteiger partial charge in [0.05, 0.1) is 32.1 Å². The van der Waals surface area contributed by atoms with E-state index in [9.17, 15) is 9.59 Å². The number of esters is 1. The third kappa shape index (κ3) is 5.23. The molecule has 0 fully saturated rings. The van der Waals surface area contributed by atoms with Crippen LogP contribution < -0.4 is 14.8 Å². The zero-order valence-electron chi connectivity index (χ0n) is 16.1. The molecule has 1 N–H and O–H groups in total. The fourth-order valence-electron chi connectivity index (χ4n) is 2.79. The molecular formula is C21H25NO5. The van der Waals surface area contributed by atoms with Crippen molar-refractivity contribution in [3.63, 3.8) is 0 Å². The predicted molar refractivity (Wildman–Crippen MR) is 104 cm³/mol. The number of hydrogen-bond donors (Lipinski definition) is 1. The zero-order valence-corrected chi connectivity index (χ0v) is 16.1. The standard InChI is InChI=1S/C21H25NO5/c1-5-27-21(24)17-8-6-7-9-18(17)22-20(23)12-14(2)16-11-10-15(25-3)13-19(16)26-4/h6-11,13-14H,5,12H2,1-4H3,(H,22,23). The highest BCUT2D eigenvalue weighted by molar-refractivity contribution is 6.01. The molecule has 0 bridgehead atoms. The largest absolute Gasteiger partial charge is 0.497 e. The Bertz CT molecular complexity index is 803. The van der Waals surface area contributed by atoms with Crippen LogP contribution in [0.4, 0.5) is 5.69 Å². The highest BCUT2D eigenvalue weighted by Crippen LogP contribution is 2.32. The van der Waals surface area contributed by atoms with Crippen LogP contribution in [-0.2, 0) is 9.53 Å². The van der Waals surface area contributed by atoms with Crippen molar-refractivity contribution in [2.75, 3.05) is 26.1 Å². The minimum atomic E-state index is -0.460. The first-order valence-electron chi connectivity index (χ1n) is 8.78. The number of para-hydroxylation sites is 1. The number of carbonyl (C=O) groups excluding carboxylic acids is 2. The molecule has 6 nitrogen and oxygen atoms in total. The van der Waals surface area contributed by atoms with Gasteiger partial charge in [0.25, 0.3) is 0 Å². The summed E-state index contributed by atoms with van der Waals surface area (Å²) in [6.07, 6.45) is 0.236. The number of anilines is 1. The molecule has 0 spiro atoms. The second-order valence-electron chi connectivity index (χ2n) is 6.03. The number of amides is 1. The lowest BCUT2D eigenvalue weighted by atomic mass is 9.96. The molecule has 0 aliphatic heterocycles. The van der Waals surface area contributed by atoms with Crippen molar-refractivity contribution in [2.24, 2.45) is 0 Å². The maximum absolute atomic E-state index is 12.5. The number of methoxy groups -OCH3 is 2. The fourth-order valence-corrected chi connectivity index (χ4v) is 2.79. The number of rotatable bonds is 8. The van der Waals surface area contributed by atoms with Gasteiger partial charge >= 0.3 is 5.97 Å². The Hall–Kier alpha value is -3.02. The third-order valence-electron chi connectivity index (χ3n) is 4.16. The fraction of sp³-hybridized carbons (Fsp3) is 0.333. The van der Waals surface area contributed by atoms with Gasteiger partial charge in [0, 0.05) is 12.5 Å². The van der Waals surface area contributed by atoms with Gasteiger partial charge in [-0.1, -0.05) is 25.1 Å². The summed E-state index contributed by atoms with van der Waals surface area (Å²) in [6, 6.07) is 12.3. The van der Waals surface area contributed by atoms with Gasteiger partial charge in [-0.15, -0.1) is 0 Å². The van der Waals surface area contributed by atoms with Crippen molar-refractivity contribution >= 4 is 17.6 Å². The molecule has 0 saturated carbocycles. The summed E-state index contributed by atoms with van der Waals surface area (Å²) in [7, 11) is 3.17. The van der Waals surface area contributed by atoms with Crippen LogP contribution in [0, 0.1) is 0 Å². The van der Waals surface area contributed by atoms with Crippen LogP contribution in [0.5, 0.6) is 11.5 Å². The molecular weight excluding hydrogens is 346 g/mol. The van der Waals surface area contributed by atoms with E-state index in [0.717, 1.165) is 5.56 Å². The van der Waals surface area contributed by atoms with Crippen LogP contribution in [0.1, 0.15) is 42.1 Å². The van der Waals surface area contributed by atoms with E-state index >= 15 is 0 Å². The Labute approximate surface area is 159 Å². The van der Waals surface area contributed by atoms with Gasteiger partial charge in [-0.25, -0.2) is 4.79 Å². The predicted octanol–water partition coefficient (Wildman–Crippen LogP) is 4.01. The Kier molecular flexibility index (Phi) is 7.23. The molecule has 0 radical (unpaired) electrons. The Morgan fingerprint density at radius 2 is 1.81 bits per heavy atom. The average Bonchev–Trinajstić information content (AvgIpc) is 2.67. The lowest BCUT2D eigenvalue weighted by Gasteiger charge is -2.17. The molecule has 27 heavy (non-hydrogen) atoms. The van der Waals surface area contributed by atoms with Crippen molar-refractivity contribution in [2.45, 2.75) is 26.2 Å². The number of benzene rings is 2. The van der Waals surface area contributed by atoms with Crippen LogP contribution >= 0.6 is 0 Å². The van der Waals surface area contributed by atoms with Crippen molar-refractivity contribution < 1.29 is 23.8 Å². The maximum atomic E-state index is 12.5. The summed E-state index contributed by atoms with van der Waals surface area (Å²) < 4.78 is 15.7. The molecule has 0 saturated heterocycles. The summed E-state index contributed by atoms with van der Waals surface area (Å²) in [6.45, 7) is 3.96. The first kappa shape index (κ1) is 20.3. The van der Waals surface area contributed by atoms with Gasteiger partial charge in [0.2, 0.25) is 5.91 Å². The molecule has 144 valence electrons. The van der Waals surface area contributed by atoms with E-state index < -0.39 is 5.97 Å². The van der Waals surface area contributed by atoms with Gasteiger partial charge in [-0.05, 0) is 36.6 Å². The smallest absolute Gasteiger partial charge is 0.340 e. The number of hydrogen-bond acceptors (Lipinski definition) is 5. The molecule has 0 aromatic heterocycles. The van der Waals surface area contributed by atoms with E-state index in [1.54, 1.807) is 51.5 Å². The SMILES string of the molecule is CCOC(=O)c1ccccc1NC(=O)CC(C)c1ccc(OC)cc1OC. The number of nitrogens with one attached hydrogen (secondary N) is 1. The second-order valence-corrected chi connectivity index (χ2v) is 6.03. The van der Waals surface area contributed by atoms with Crippen LogP contribution in [0.15, 0.2) is 42.5 Å². The van der Waals surface area contributed by atoms with Crippen LogP contribution in [0.2, 0.25) is 0 Å². The van der Waals surface area contributed by atoms with E-state index in [2.05, 4.69) is 5.32 Å². The van der Waals surface area contributed by atoms with Crippen LogP contribution in [0.3, 0.4) is 0 Å².